The largest absolute Gasteiger partial charge is 0.369 e. The van der Waals surface area contributed by atoms with E-state index in [1.54, 1.807) is 12.1 Å². The molecule has 0 aliphatic carbocycles. The standard InChI is InChI=1S/C16H20N4O/c1-3-12-7-9-14(10-8-12)20(2)11-13-5-4-6-15(18-13)16(21)19-17/h4-10H,3,11,17H2,1-2H3,(H,19,21). The first-order valence-electron chi connectivity index (χ1n) is 6.91. The second-order valence-electron chi connectivity index (χ2n) is 4.86. The first-order valence-corrected chi connectivity index (χ1v) is 6.91. The Bertz CT molecular complexity index is 610. The molecule has 5 nitrogen and oxygen atoms in total. The van der Waals surface area contributed by atoms with Crippen LogP contribution in [0.25, 0.3) is 0 Å². The van der Waals surface area contributed by atoms with Crippen molar-refractivity contribution in [3.05, 3.63) is 59.4 Å². The van der Waals surface area contributed by atoms with Crippen LogP contribution in [0.4, 0.5) is 5.69 Å². The van der Waals surface area contributed by atoms with Crippen molar-refractivity contribution in [1.29, 1.82) is 0 Å². The number of rotatable bonds is 5. The van der Waals surface area contributed by atoms with Crippen molar-refractivity contribution in [2.24, 2.45) is 5.84 Å². The molecule has 0 fully saturated rings. The van der Waals surface area contributed by atoms with E-state index in [1.165, 1.54) is 5.56 Å². The summed E-state index contributed by atoms with van der Waals surface area (Å²) in [6, 6.07) is 13.8. The Labute approximate surface area is 124 Å². The fraction of sp³-hybridized carbons (Fsp3) is 0.250. The highest BCUT2D eigenvalue weighted by molar-refractivity contribution is 5.91. The van der Waals surface area contributed by atoms with Crippen molar-refractivity contribution in [2.45, 2.75) is 19.9 Å². The Kier molecular flexibility index (Phi) is 4.90. The number of anilines is 1. The fourth-order valence-corrected chi connectivity index (χ4v) is 2.09. The Morgan fingerprint density at radius 3 is 2.57 bits per heavy atom. The topological polar surface area (TPSA) is 71.2 Å². The monoisotopic (exact) mass is 284 g/mol. The molecule has 0 aliphatic rings. The number of amides is 1. The van der Waals surface area contributed by atoms with Gasteiger partial charge >= 0.3 is 0 Å². The molecule has 1 heterocycles. The van der Waals surface area contributed by atoms with Gasteiger partial charge in [-0.15, -0.1) is 0 Å². The maximum absolute atomic E-state index is 11.5. The van der Waals surface area contributed by atoms with Crippen molar-refractivity contribution in [3.8, 4) is 0 Å². The van der Waals surface area contributed by atoms with E-state index < -0.39 is 0 Å². The van der Waals surface area contributed by atoms with E-state index >= 15 is 0 Å². The number of nitrogens with zero attached hydrogens (tertiary/aromatic N) is 2. The van der Waals surface area contributed by atoms with Gasteiger partial charge in [0.15, 0.2) is 0 Å². The van der Waals surface area contributed by atoms with Crippen LogP contribution in [0.5, 0.6) is 0 Å². The van der Waals surface area contributed by atoms with Crippen molar-refractivity contribution in [3.63, 3.8) is 0 Å². The van der Waals surface area contributed by atoms with Gasteiger partial charge in [-0.1, -0.05) is 25.1 Å². The van der Waals surface area contributed by atoms with Crippen LogP contribution >= 0.6 is 0 Å². The lowest BCUT2D eigenvalue weighted by Crippen LogP contribution is -2.31. The molecule has 0 spiro atoms. The molecule has 3 N–H and O–H groups in total. The highest BCUT2D eigenvalue weighted by Crippen LogP contribution is 2.16. The van der Waals surface area contributed by atoms with E-state index in [9.17, 15) is 4.79 Å². The number of aromatic nitrogens is 1. The van der Waals surface area contributed by atoms with Crippen LogP contribution in [0.15, 0.2) is 42.5 Å². The highest BCUT2D eigenvalue weighted by atomic mass is 16.2. The van der Waals surface area contributed by atoms with Gasteiger partial charge in [-0.05, 0) is 36.2 Å². The smallest absolute Gasteiger partial charge is 0.283 e. The number of nitrogens with two attached hydrogens (primary N) is 1. The quantitative estimate of drug-likeness (QED) is 0.499. The van der Waals surface area contributed by atoms with Crippen molar-refractivity contribution >= 4 is 11.6 Å². The van der Waals surface area contributed by atoms with Gasteiger partial charge in [-0.2, -0.15) is 0 Å². The van der Waals surface area contributed by atoms with E-state index in [0.29, 0.717) is 12.2 Å². The van der Waals surface area contributed by atoms with Gasteiger partial charge < -0.3 is 4.90 Å². The van der Waals surface area contributed by atoms with Crippen LogP contribution in [0.3, 0.4) is 0 Å². The van der Waals surface area contributed by atoms with Crippen LogP contribution in [0, 0.1) is 0 Å². The SMILES string of the molecule is CCc1ccc(N(C)Cc2cccc(C(=O)NN)n2)cc1. The summed E-state index contributed by atoms with van der Waals surface area (Å²) < 4.78 is 0. The summed E-state index contributed by atoms with van der Waals surface area (Å²) in [5.41, 5.74) is 5.66. The second-order valence-corrected chi connectivity index (χ2v) is 4.86. The third-order valence-electron chi connectivity index (χ3n) is 3.36. The lowest BCUT2D eigenvalue weighted by Gasteiger charge is -2.19. The molecule has 1 aromatic carbocycles. The molecule has 0 atom stereocenters. The molecule has 5 heteroatoms. The van der Waals surface area contributed by atoms with Crippen LogP contribution in [-0.4, -0.2) is 17.9 Å². The predicted molar refractivity (Wildman–Crippen MR) is 83.8 cm³/mol. The van der Waals surface area contributed by atoms with Crippen LogP contribution in [0.1, 0.15) is 28.7 Å². The Morgan fingerprint density at radius 1 is 1.24 bits per heavy atom. The minimum Gasteiger partial charge on any atom is -0.369 e. The number of nitrogen functional groups attached to an aromatic ring is 1. The molecule has 110 valence electrons. The first kappa shape index (κ1) is 15.0. The zero-order chi connectivity index (χ0) is 15.2. The highest BCUT2D eigenvalue weighted by Gasteiger charge is 2.08. The van der Waals surface area contributed by atoms with E-state index in [0.717, 1.165) is 17.8 Å². The predicted octanol–water partition coefficient (Wildman–Crippen LogP) is 1.88. The molecule has 1 amide bonds. The molecule has 0 radical (unpaired) electrons. The summed E-state index contributed by atoms with van der Waals surface area (Å²) in [6.45, 7) is 2.76. The Hall–Kier alpha value is -2.40. The van der Waals surface area contributed by atoms with Gasteiger partial charge in [0.05, 0.1) is 12.2 Å². The van der Waals surface area contributed by atoms with Gasteiger partial charge in [-0.3, -0.25) is 10.2 Å². The number of hydrogen-bond acceptors (Lipinski definition) is 4. The number of carbonyl (C=O) groups excluding carboxylic acids is 1. The van der Waals surface area contributed by atoms with E-state index in [1.807, 2.05) is 13.1 Å². The average Bonchev–Trinajstić information content (AvgIpc) is 2.54. The zero-order valence-corrected chi connectivity index (χ0v) is 12.3. The van der Waals surface area contributed by atoms with E-state index in [-0.39, 0.29) is 5.91 Å². The number of carbonyl (C=O) groups is 1. The molecular formula is C16H20N4O. The van der Waals surface area contributed by atoms with Gasteiger partial charge in [0.2, 0.25) is 0 Å². The lowest BCUT2D eigenvalue weighted by molar-refractivity contribution is 0.0948. The van der Waals surface area contributed by atoms with Crippen molar-refractivity contribution < 1.29 is 4.79 Å². The molecule has 2 aromatic rings. The number of benzene rings is 1. The van der Waals surface area contributed by atoms with Crippen molar-refractivity contribution in [1.82, 2.24) is 10.4 Å². The maximum atomic E-state index is 11.5. The summed E-state index contributed by atoms with van der Waals surface area (Å²) in [4.78, 5) is 17.9. The summed E-state index contributed by atoms with van der Waals surface area (Å²) >= 11 is 0. The molecule has 0 bridgehead atoms. The number of hydrazine groups is 1. The normalized spacial score (nSPS) is 10.2. The Morgan fingerprint density at radius 2 is 1.95 bits per heavy atom. The second kappa shape index (κ2) is 6.85. The van der Waals surface area contributed by atoms with E-state index in [4.69, 9.17) is 5.84 Å². The first-order chi connectivity index (χ1) is 10.1. The van der Waals surface area contributed by atoms with E-state index in [2.05, 4.69) is 46.5 Å². The summed E-state index contributed by atoms with van der Waals surface area (Å²) in [6.07, 6.45) is 1.03. The van der Waals surface area contributed by atoms with Gasteiger partial charge in [0, 0.05) is 12.7 Å². The summed E-state index contributed by atoms with van der Waals surface area (Å²) in [7, 11) is 2.00. The molecule has 21 heavy (non-hydrogen) atoms. The van der Waals surface area contributed by atoms with Crippen LogP contribution in [0.2, 0.25) is 0 Å². The molecule has 2 rings (SSSR count). The van der Waals surface area contributed by atoms with Crippen molar-refractivity contribution in [2.75, 3.05) is 11.9 Å². The number of hydrogen-bond donors (Lipinski definition) is 2. The molecular weight excluding hydrogens is 264 g/mol. The third-order valence-corrected chi connectivity index (χ3v) is 3.36. The third kappa shape index (κ3) is 3.79. The average molecular weight is 284 g/mol. The maximum Gasteiger partial charge on any atom is 0.283 e. The van der Waals surface area contributed by atoms with Crippen LogP contribution < -0.4 is 16.2 Å². The molecule has 0 unspecified atom stereocenters. The van der Waals surface area contributed by atoms with Gasteiger partial charge in [-0.25, -0.2) is 10.8 Å². The van der Waals surface area contributed by atoms with Gasteiger partial charge in [0.25, 0.3) is 5.91 Å². The fourth-order valence-electron chi connectivity index (χ4n) is 2.09. The minimum absolute atomic E-state index is 0.324. The molecule has 0 aliphatic heterocycles. The van der Waals surface area contributed by atoms with Gasteiger partial charge in [0.1, 0.15) is 5.69 Å². The molecule has 0 saturated carbocycles. The number of nitrogens with one attached hydrogen (secondary N) is 1. The molecule has 0 saturated heterocycles. The summed E-state index contributed by atoms with van der Waals surface area (Å²) in [5, 5.41) is 0. The number of aryl methyl sites for hydroxylation is 1. The number of pyridine rings is 1. The minimum atomic E-state index is -0.383. The summed E-state index contributed by atoms with van der Waals surface area (Å²) in [5.74, 6) is 4.74. The Balaban J connectivity index is 2.11. The molecule has 1 aromatic heterocycles. The zero-order valence-electron chi connectivity index (χ0n) is 12.3. The lowest BCUT2D eigenvalue weighted by atomic mass is 10.1. The van der Waals surface area contributed by atoms with Crippen LogP contribution in [-0.2, 0) is 13.0 Å².